The summed E-state index contributed by atoms with van der Waals surface area (Å²) in [7, 11) is 3.30. The lowest BCUT2D eigenvalue weighted by Gasteiger charge is -2.27. The normalized spacial score (nSPS) is 12.7. The molecule has 0 aliphatic carbocycles. The highest BCUT2D eigenvalue weighted by Gasteiger charge is 2.32. The Morgan fingerprint density at radius 1 is 1.05 bits per heavy atom. The molecule has 3 N–H and O–H groups in total. The van der Waals surface area contributed by atoms with E-state index in [1.165, 1.54) is 43.7 Å². The predicted octanol–water partition coefficient (Wildman–Crippen LogP) is 10.3. The molecule has 0 spiro atoms. The third-order valence-electron chi connectivity index (χ3n) is 8.48. The number of aromatic nitrogens is 1. The highest BCUT2D eigenvalue weighted by Crippen LogP contribution is 2.43. The monoisotopic (exact) mass is 788 g/mol. The average Bonchev–Trinajstić information content (AvgIpc) is 3.55. The molecule has 1 atom stereocenters. The molecule has 0 saturated heterocycles. The number of hydrogen-bond acceptors (Lipinski definition) is 8. The molecule has 0 aliphatic rings. The number of nitrogens with zero attached hydrogens (tertiary/aromatic N) is 3. The molecule has 0 unspecified atom stereocenters. The number of anilines is 3. The van der Waals surface area contributed by atoms with E-state index in [-0.39, 0.29) is 24.0 Å². The van der Waals surface area contributed by atoms with E-state index in [4.69, 9.17) is 0 Å². The highest BCUT2D eigenvalue weighted by molar-refractivity contribution is 7.20. The maximum atomic E-state index is 14.8. The Bertz CT molecular complexity index is 1900. The van der Waals surface area contributed by atoms with E-state index in [2.05, 4.69) is 57.3 Å². The maximum Gasteiger partial charge on any atom is 0.343 e. The van der Waals surface area contributed by atoms with Gasteiger partial charge in [-0.25, -0.2) is 28.9 Å². The lowest BCUT2D eigenvalue weighted by atomic mass is 10.0. The van der Waals surface area contributed by atoms with Crippen molar-refractivity contribution in [2.75, 3.05) is 42.9 Å². The molecule has 1 aromatic carbocycles. The van der Waals surface area contributed by atoms with Crippen LogP contribution in [0.3, 0.4) is 0 Å². The number of hydroxylamine groups is 1. The van der Waals surface area contributed by atoms with E-state index in [0.717, 1.165) is 33.4 Å². The van der Waals surface area contributed by atoms with E-state index in [9.17, 15) is 23.2 Å². The summed E-state index contributed by atoms with van der Waals surface area (Å²) in [5.74, 6) is -0.943. The zero-order chi connectivity index (χ0) is 41.6. The SMILES string of the molecule is C=C/C=C\C/C=C(\C)[C@@H](C)N(C)Cc1c(-c2ccc(NC(=O)NOC)cc2)sc(NC/C(C)=C(/C=C\C=C\F)CF)c1C(=O)N(C(C)=O)c1ccccn1.CC. The second kappa shape index (κ2) is 24.8. The van der Waals surface area contributed by atoms with Crippen molar-refractivity contribution < 1.29 is 28.0 Å². The van der Waals surface area contributed by atoms with E-state index >= 15 is 0 Å². The van der Waals surface area contributed by atoms with E-state index in [1.807, 2.05) is 45.2 Å². The number of thiophene rings is 1. The quantitative estimate of drug-likeness (QED) is 0.0668. The van der Waals surface area contributed by atoms with Gasteiger partial charge in [0.1, 0.15) is 17.5 Å². The molecule has 3 rings (SSSR count). The number of amides is 4. The molecule has 2 aromatic heterocycles. The first-order chi connectivity index (χ1) is 27.0. The summed E-state index contributed by atoms with van der Waals surface area (Å²) in [6, 6.07) is 11.5. The Balaban J connectivity index is 0.00000532. The molecule has 0 radical (unpaired) electrons. The first-order valence-electron chi connectivity index (χ1n) is 18.2. The first-order valence-corrected chi connectivity index (χ1v) is 19.0. The van der Waals surface area contributed by atoms with Gasteiger partial charge in [0.2, 0.25) is 5.91 Å². The number of imide groups is 1. The number of benzene rings is 1. The smallest absolute Gasteiger partial charge is 0.343 e. The van der Waals surface area contributed by atoms with Crippen LogP contribution in [0.2, 0.25) is 0 Å². The molecular formula is C43H54F2N6O4S. The van der Waals surface area contributed by atoms with Gasteiger partial charge in [-0.1, -0.05) is 80.7 Å². The second-order valence-corrected chi connectivity index (χ2v) is 13.2. The van der Waals surface area contributed by atoms with Crippen LogP contribution in [-0.4, -0.2) is 61.1 Å². The van der Waals surface area contributed by atoms with Crippen molar-refractivity contribution in [2.24, 2.45) is 0 Å². The van der Waals surface area contributed by atoms with Crippen LogP contribution >= 0.6 is 11.3 Å². The Labute approximate surface area is 334 Å². The van der Waals surface area contributed by atoms with Crippen LogP contribution in [0.4, 0.5) is 30.1 Å². The Morgan fingerprint density at radius 2 is 1.77 bits per heavy atom. The number of allylic oxidation sites excluding steroid dienone is 8. The average molecular weight is 789 g/mol. The van der Waals surface area contributed by atoms with Crippen molar-refractivity contribution in [1.29, 1.82) is 0 Å². The fraction of sp³-hybridized carbons (Fsp3) is 0.302. The summed E-state index contributed by atoms with van der Waals surface area (Å²) >= 11 is 1.32. The summed E-state index contributed by atoms with van der Waals surface area (Å²) in [5, 5.41) is 6.50. The third-order valence-corrected chi connectivity index (χ3v) is 9.72. The molecule has 0 saturated carbocycles. The lowest BCUT2D eigenvalue weighted by Crippen LogP contribution is -2.37. The topological polar surface area (TPSA) is 116 Å². The number of carbonyl (C=O) groups is 3. The molecule has 4 amide bonds. The second-order valence-electron chi connectivity index (χ2n) is 12.2. The van der Waals surface area contributed by atoms with Crippen LogP contribution in [-0.2, 0) is 16.2 Å². The minimum absolute atomic E-state index is 0.0396. The number of hydrogen-bond donors (Lipinski definition) is 3. The van der Waals surface area contributed by atoms with Gasteiger partial charge in [-0.2, -0.15) is 0 Å². The highest BCUT2D eigenvalue weighted by atomic mass is 32.1. The standard InChI is InChI=1S/C41H48F2N6O4S.C2H6/c1-8-9-10-11-16-28(2)30(4)48(6)27-35-37(40(51)49(31(5)50)36-18-13-15-24-44-36)39(45-26-29(3)33(25-43)17-12-14-23-42)54-38(35)32-19-21-34(22-20-32)46-41(52)47-53-7;1-2/h8-10,12-24,30,45H,1,11,25-27H2,2-7H3,(H2,46,47,52);1-2H3/b10-9-,17-12-,23-14+,28-16+,33-29-;/t30-;/m1./s1. The van der Waals surface area contributed by atoms with Crippen molar-refractivity contribution in [2.45, 2.75) is 60.5 Å². The Kier molecular flexibility index (Phi) is 20.7. The number of halogens is 2. The van der Waals surface area contributed by atoms with Gasteiger partial charge in [0, 0.05) is 42.8 Å². The van der Waals surface area contributed by atoms with Crippen molar-refractivity contribution in [1.82, 2.24) is 15.4 Å². The summed E-state index contributed by atoms with van der Waals surface area (Å²) in [4.78, 5) is 53.0. The van der Waals surface area contributed by atoms with Crippen LogP contribution in [0.25, 0.3) is 10.4 Å². The third kappa shape index (κ3) is 13.7. The zero-order valence-corrected chi connectivity index (χ0v) is 34.3. The number of rotatable bonds is 18. The van der Waals surface area contributed by atoms with Crippen LogP contribution in [0.15, 0.2) is 121 Å². The minimum Gasteiger partial charge on any atom is -0.372 e. The van der Waals surface area contributed by atoms with Gasteiger partial charge in [-0.05, 0) is 86.9 Å². The van der Waals surface area contributed by atoms with Gasteiger partial charge in [0.25, 0.3) is 5.91 Å². The van der Waals surface area contributed by atoms with Crippen molar-refractivity contribution in [3.8, 4) is 10.4 Å². The van der Waals surface area contributed by atoms with Crippen molar-refractivity contribution in [3.63, 3.8) is 0 Å². The van der Waals surface area contributed by atoms with Gasteiger partial charge in [0.15, 0.2) is 0 Å². The summed E-state index contributed by atoms with van der Waals surface area (Å²) in [5.41, 5.74) is 6.49. The predicted molar refractivity (Wildman–Crippen MR) is 227 cm³/mol. The molecule has 2 heterocycles. The van der Waals surface area contributed by atoms with Gasteiger partial charge in [-0.3, -0.25) is 19.3 Å². The molecular weight excluding hydrogens is 735 g/mol. The molecule has 3 aromatic rings. The summed E-state index contributed by atoms with van der Waals surface area (Å²) < 4.78 is 26.7. The fourth-order valence-electron chi connectivity index (χ4n) is 5.33. The number of carbonyl (C=O) groups excluding carboxylic acids is 3. The lowest BCUT2D eigenvalue weighted by molar-refractivity contribution is -0.116. The number of pyridine rings is 1. The number of alkyl halides is 1. The van der Waals surface area contributed by atoms with Crippen molar-refractivity contribution in [3.05, 3.63) is 132 Å². The van der Waals surface area contributed by atoms with Gasteiger partial charge >= 0.3 is 6.03 Å². The summed E-state index contributed by atoms with van der Waals surface area (Å²) in [6.07, 6.45) is 14.4. The van der Waals surface area contributed by atoms with Crippen LogP contribution in [0.1, 0.15) is 63.9 Å². The maximum absolute atomic E-state index is 14.8. The Hall–Kier alpha value is -5.50. The molecule has 13 heteroatoms. The van der Waals surface area contributed by atoms with Gasteiger partial charge < -0.3 is 10.6 Å². The van der Waals surface area contributed by atoms with Crippen molar-refractivity contribution >= 4 is 45.7 Å². The fourth-order valence-corrected chi connectivity index (χ4v) is 6.54. The minimum atomic E-state index is -0.781. The van der Waals surface area contributed by atoms with Gasteiger partial charge in [-0.15, -0.1) is 11.3 Å². The van der Waals surface area contributed by atoms with Crippen LogP contribution < -0.4 is 21.0 Å². The number of urea groups is 1. The molecule has 0 aliphatic heterocycles. The van der Waals surface area contributed by atoms with Gasteiger partial charge in [0.05, 0.1) is 19.0 Å². The number of nitrogens with one attached hydrogen (secondary N) is 3. The van der Waals surface area contributed by atoms with Crippen LogP contribution in [0, 0.1) is 0 Å². The number of likely N-dealkylation sites (N-methyl/N-ethyl adjacent to an activating group) is 1. The van der Waals surface area contributed by atoms with E-state index < -0.39 is 24.5 Å². The molecule has 10 nitrogen and oxygen atoms in total. The Morgan fingerprint density at radius 3 is 2.36 bits per heavy atom. The zero-order valence-electron chi connectivity index (χ0n) is 33.5. The molecule has 0 fully saturated rings. The molecule has 0 bridgehead atoms. The largest absolute Gasteiger partial charge is 0.372 e. The van der Waals surface area contributed by atoms with Crippen LogP contribution in [0.5, 0.6) is 0 Å². The van der Waals surface area contributed by atoms with E-state index in [0.29, 0.717) is 40.3 Å². The molecule has 56 heavy (non-hydrogen) atoms. The molecule has 300 valence electrons. The first kappa shape index (κ1) is 46.7. The van der Waals surface area contributed by atoms with E-state index in [1.54, 1.807) is 43.3 Å². The summed E-state index contributed by atoms with van der Waals surface area (Å²) in [6.45, 7) is 14.6.